The van der Waals surface area contributed by atoms with Gasteiger partial charge in [0.1, 0.15) is 11.6 Å². The first kappa shape index (κ1) is 23.6. The Morgan fingerprint density at radius 2 is 1.81 bits per heavy atom. The first-order valence-corrected chi connectivity index (χ1v) is 11.5. The van der Waals surface area contributed by atoms with E-state index in [1.54, 1.807) is 26.8 Å². The summed E-state index contributed by atoms with van der Waals surface area (Å²) in [6.45, 7) is 5.58. The molecule has 0 fully saturated rings. The first-order chi connectivity index (χ1) is 14.9. The fourth-order valence-electron chi connectivity index (χ4n) is 3.45. The zero-order valence-electron chi connectivity index (χ0n) is 18.2. The second kappa shape index (κ2) is 9.17. The number of fused-ring (bicyclic) bond motifs is 1. The molecule has 0 aliphatic carbocycles. The van der Waals surface area contributed by atoms with Crippen LogP contribution in [0.15, 0.2) is 48.5 Å². The summed E-state index contributed by atoms with van der Waals surface area (Å²) in [4.78, 5) is 27.3. The monoisotopic (exact) mass is 461 g/mol. The van der Waals surface area contributed by atoms with Gasteiger partial charge in [-0.2, -0.15) is 8.42 Å². The molecule has 1 aliphatic heterocycles. The normalized spacial score (nSPS) is 16.1. The van der Waals surface area contributed by atoms with Crippen molar-refractivity contribution in [2.24, 2.45) is 0 Å². The van der Waals surface area contributed by atoms with Gasteiger partial charge in [0.15, 0.2) is 0 Å². The number of rotatable bonds is 5. The lowest BCUT2D eigenvalue weighted by molar-refractivity contribution is -0.127. The summed E-state index contributed by atoms with van der Waals surface area (Å²) >= 11 is 0. The fraction of sp³-hybridized carbons (Fsp3) is 0.364. The lowest BCUT2D eigenvalue weighted by Gasteiger charge is -2.37. The number of anilines is 1. The average Bonchev–Trinajstić information content (AvgIpc) is 2.69. The molecule has 2 aromatic carbocycles. The van der Waals surface area contributed by atoms with Crippen LogP contribution < -0.4 is 10.0 Å². The van der Waals surface area contributed by atoms with Gasteiger partial charge in [0.05, 0.1) is 12.2 Å². The van der Waals surface area contributed by atoms with Crippen LogP contribution in [0.4, 0.5) is 10.5 Å². The Hall–Kier alpha value is -3.11. The first-order valence-electron chi connectivity index (χ1n) is 10.1. The maximum absolute atomic E-state index is 13.0. The number of carbonyl (C=O) groups is 2. The van der Waals surface area contributed by atoms with Gasteiger partial charge in [0.2, 0.25) is 5.91 Å². The van der Waals surface area contributed by atoms with Crippen LogP contribution in [0.2, 0.25) is 0 Å². The number of carbonyl (C=O) groups excluding carboxylic acids is 2. The zero-order valence-corrected chi connectivity index (χ0v) is 19.0. The van der Waals surface area contributed by atoms with E-state index >= 15 is 0 Å². The van der Waals surface area contributed by atoms with Crippen LogP contribution in [0.5, 0.6) is 0 Å². The highest BCUT2D eigenvalue weighted by molar-refractivity contribution is 7.87. The van der Waals surface area contributed by atoms with Crippen LogP contribution in [0.1, 0.15) is 37.5 Å². The number of hydrogen-bond donors (Lipinski definition) is 3. The molecule has 0 bridgehead atoms. The van der Waals surface area contributed by atoms with Crippen LogP contribution in [-0.2, 0) is 39.3 Å². The Morgan fingerprint density at radius 1 is 1.12 bits per heavy atom. The summed E-state index contributed by atoms with van der Waals surface area (Å²) in [5, 5.41) is 2.88. The summed E-state index contributed by atoms with van der Waals surface area (Å²) in [5.41, 5.74) is 1.78. The van der Waals surface area contributed by atoms with Crippen molar-refractivity contribution in [3.63, 3.8) is 0 Å². The molecular weight excluding hydrogens is 434 g/mol. The van der Waals surface area contributed by atoms with Gasteiger partial charge in [-0.15, -0.1) is 0 Å². The van der Waals surface area contributed by atoms with Crippen LogP contribution in [0.25, 0.3) is 0 Å². The zero-order chi connectivity index (χ0) is 23.5. The topological polar surface area (TPSA) is 125 Å². The van der Waals surface area contributed by atoms with Crippen molar-refractivity contribution in [3.8, 4) is 0 Å². The standard InChI is InChI=1S/C22H27N3O6S/c1-22(2,3)31-21(27)25-14-17-11-18(24-32(28,29)30)10-9-16(17)12-19(25)20(26)23-13-15-7-5-4-6-8-15/h4-11,19,24H,12-14H2,1-3H3,(H,23,26)(H,28,29,30). The van der Waals surface area contributed by atoms with Gasteiger partial charge < -0.3 is 10.1 Å². The van der Waals surface area contributed by atoms with E-state index in [0.29, 0.717) is 12.1 Å². The van der Waals surface area contributed by atoms with Gasteiger partial charge in [0.25, 0.3) is 0 Å². The van der Waals surface area contributed by atoms with Crippen molar-refractivity contribution in [1.82, 2.24) is 10.2 Å². The van der Waals surface area contributed by atoms with Gasteiger partial charge in [0, 0.05) is 13.0 Å². The van der Waals surface area contributed by atoms with E-state index in [2.05, 4.69) is 5.32 Å². The third kappa shape index (κ3) is 6.44. The van der Waals surface area contributed by atoms with Crippen molar-refractivity contribution in [2.75, 3.05) is 4.72 Å². The highest BCUT2D eigenvalue weighted by Gasteiger charge is 2.37. The molecule has 0 aromatic heterocycles. The molecule has 9 nitrogen and oxygen atoms in total. The number of hydrogen-bond acceptors (Lipinski definition) is 5. The van der Waals surface area contributed by atoms with E-state index in [0.717, 1.165) is 11.1 Å². The Labute approximate surface area is 187 Å². The number of nitrogens with one attached hydrogen (secondary N) is 2. The van der Waals surface area contributed by atoms with E-state index in [4.69, 9.17) is 9.29 Å². The number of amides is 2. The molecule has 1 atom stereocenters. The van der Waals surface area contributed by atoms with E-state index in [1.165, 1.54) is 17.0 Å². The summed E-state index contributed by atoms with van der Waals surface area (Å²) < 4.78 is 38.8. The molecule has 0 radical (unpaired) electrons. The Bertz CT molecular complexity index is 1100. The number of ether oxygens (including phenoxy) is 1. The molecule has 32 heavy (non-hydrogen) atoms. The van der Waals surface area contributed by atoms with Gasteiger partial charge >= 0.3 is 16.4 Å². The minimum absolute atomic E-state index is 0.0503. The average molecular weight is 462 g/mol. The van der Waals surface area contributed by atoms with E-state index in [9.17, 15) is 18.0 Å². The van der Waals surface area contributed by atoms with Crippen LogP contribution in [0.3, 0.4) is 0 Å². The van der Waals surface area contributed by atoms with Crippen molar-refractivity contribution in [3.05, 3.63) is 65.2 Å². The predicted molar refractivity (Wildman–Crippen MR) is 119 cm³/mol. The maximum Gasteiger partial charge on any atom is 0.411 e. The Morgan fingerprint density at radius 3 is 2.44 bits per heavy atom. The van der Waals surface area contributed by atoms with E-state index in [1.807, 2.05) is 35.1 Å². The molecule has 1 unspecified atom stereocenters. The van der Waals surface area contributed by atoms with E-state index < -0.39 is 28.0 Å². The molecular formula is C22H27N3O6S. The molecule has 3 N–H and O–H groups in total. The number of benzene rings is 2. The highest BCUT2D eigenvalue weighted by Crippen LogP contribution is 2.28. The minimum atomic E-state index is -4.43. The predicted octanol–water partition coefficient (Wildman–Crippen LogP) is 2.88. The summed E-state index contributed by atoms with van der Waals surface area (Å²) in [6.07, 6.45) is -0.405. The van der Waals surface area contributed by atoms with E-state index in [-0.39, 0.29) is 24.6 Å². The molecule has 3 rings (SSSR count). The minimum Gasteiger partial charge on any atom is -0.444 e. The Kier molecular flexibility index (Phi) is 6.75. The van der Waals surface area contributed by atoms with Crippen LogP contribution in [-0.4, -0.2) is 41.5 Å². The van der Waals surface area contributed by atoms with Crippen LogP contribution >= 0.6 is 0 Å². The molecule has 0 saturated carbocycles. The largest absolute Gasteiger partial charge is 0.444 e. The SMILES string of the molecule is CC(C)(C)OC(=O)N1Cc2cc(NS(=O)(=O)O)ccc2CC1C(=O)NCc1ccccc1. The second-order valence-corrected chi connectivity index (χ2v) is 9.75. The van der Waals surface area contributed by atoms with Crippen molar-refractivity contribution in [2.45, 2.75) is 51.9 Å². The molecule has 2 amide bonds. The molecule has 1 heterocycles. The Balaban J connectivity index is 1.85. The summed E-state index contributed by atoms with van der Waals surface area (Å²) in [7, 11) is -4.43. The third-order valence-corrected chi connectivity index (χ3v) is 5.32. The maximum atomic E-state index is 13.0. The molecule has 0 saturated heterocycles. The number of nitrogens with zero attached hydrogens (tertiary/aromatic N) is 1. The fourth-order valence-corrected chi connectivity index (χ4v) is 3.87. The van der Waals surface area contributed by atoms with Gasteiger partial charge in [-0.3, -0.25) is 19.0 Å². The summed E-state index contributed by atoms with van der Waals surface area (Å²) in [6, 6.07) is 13.3. The quantitative estimate of drug-likeness (QED) is 0.588. The molecule has 0 spiro atoms. The lowest BCUT2D eigenvalue weighted by Crippen LogP contribution is -2.53. The van der Waals surface area contributed by atoms with Gasteiger partial charge in [-0.25, -0.2) is 4.79 Å². The second-order valence-electron chi connectivity index (χ2n) is 8.59. The van der Waals surface area contributed by atoms with Crippen molar-refractivity contribution >= 4 is 28.0 Å². The summed E-state index contributed by atoms with van der Waals surface area (Å²) in [5.74, 6) is -0.314. The highest BCUT2D eigenvalue weighted by atomic mass is 32.2. The van der Waals surface area contributed by atoms with Crippen molar-refractivity contribution < 1.29 is 27.3 Å². The molecule has 10 heteroatoms. The smallest absolute Gasteiger partial charge is 0.411 e. The molecule has 172 valence electrons. The van der Waals surface area contributed by atoms with Crippen molar-refractivity contribution in [1.29, 1.82) is 0 Å². The third-order valence-electron chi connectivity index (χ3n) is 4.82. The van der Waals surface area contributed by atoms with Gasteiger partial charge in [-0.1, -0.05) is 36.4 Å². The van der Waals surface area contributed by atoms with Crippen LogP contribution in [0, 0.1) is 0 Å². The van der Waals surface area contributed by atoms with Gasteiger partial charge in [-0.05, 0) is 49.6 Å². The molecule has 2 aromatic rings. The lowest BCUT2D eigenvalue weighted by atomic mass is 9.93. The molecule has 1 aliphatic rings.